The maximum absolute atomic E-state index is 12.5. The summed E-state index contributed by atoms with van der Waals surface area (Å²) in [6, 6.07) is 4.62. The fourth-order valence-corrected chi connectivity index (χ4v) is 1.64. The zero-order valence-corrected chi connectivity index (χ0v) is 10.5. The minimum atomic E-state index is -4.42. The smallest absolute Gasteiger partial charge is 0.416 e. The third-order valence-electron chi connectivity index (χ3n) is 2.59. The van der Waals surface area contributed by atoms with E-state index in [1.807, 2.05) is 0 Å². The molecule has 0 unspecified atom stereocenters. The Hall–Kier alpha value is -1.98. The molecule has 104 valence electrons. The van der Waals surface area contributed by atoms with Crippen LogP contribution in [0, 0.1) is 0 Å². The molecule has 0 aliphatic carbocycles. The average molecular weight is 273 g/mol. The molecule has 19 heavy (non-hydrogen) atoms. The van der Waals surface area contributed by atoms with Crippen molar-refractivity contribution < 1.29 is 23.1 Å². The van der Waals surface area contributed by atoms with E-state index >= 15 is 0 Å². The molecule has 0 aliphatic rings. The number of allylic oxidation sites excluding steroid dienone is 1. The largest absolute Gasteiger partial charge is 0.478 e. The minimum Gasteiger partial charge on any atom is -0.478 e. The van der Waals surface area contributed by atoms with Crippen molar-refractivity contribution in [1.82, 2.24) is 0 Å². The van der Waals surface area contributed by atoms with Crippen LogP contribution >= 0.6 is 0 Å². The summed E-state index contributed by atoms with van der Waals surface area (Å²) in [7, 11) is 0. The van der Waals surface area contributed by atoms with Crippen LogP contribution in [-0.2, 0) is 11.0 Å². The number of hydrogen-bond donors (Lipinski definition) is 2. The van der Waals surface area contributed by atoms with E-state index in [0.29, 0.717) is 5.70 Å². The Morgan fingerprint density at radius 1 is 1.37 bits per heavy atom. The molecule has 1 aromatic carbocycles. The zero-order chi connectivity index (χ0) is 14.6. The summed E-state index contributed by atoms with van der Waals surface area (Å²) in [6.45, 7) is 3.19. The molecular weight excluding hydrogens is 259 g/mol. The molecule has 0 spiro atoms. The first-order valence-electron chi connectivity index (χ1n) is 5.63. The van der Waals surface area contributed by atoms with Crippen LogP contribution in [0.25, 0.3) is 0 Å². The van der Waals surface area contributed by atoms with Crippen molar-refractivity contribution >= 4 is 11.7 Å². The van der Waals surface area contributed by atoms with Gasteiger partial charge in [0.15, 0.2) is 0 Å². The normalized spacial score (nSPS) is 12.9. The maximum atomic E-state index is 12.5. The van der Waals surface area contributed by atoms with E-state index in [-0.39, 0.29) is 17.7 Å². The standard InChI is InChI=1S/C13H14F3NO2/c1-3-11(12(18)19)8(2)17-10-6-4-5-9(7-10)13(14,15)16/h4-7,17H,3H2,1-2H3,(H,18,19). The topological polar surface area (TPSA) is 49.3 Å². The van der Waals surface area contributed by atoms with Gasteiger partial charge in [0.2, 0.25) is 0 Å². The number of carboxylic acid groups (broad SMARTS) is 1. The van der Waals surface area contributed by atoms with E-state index in [1.165, 1.54) is 19.1 Å². The lowest BCUT2D eigenvalue weighted by Gasteiger charge is -2.12. The summed E-state index contributed by atoms with van der Waals surface area (Å²) < 4.78 is 37.6. The van der Waals surface area contributed by atoms with Gasteiger partial charge in [-0.1, -0.05) is 13.0 Å². The number of carboxylic acids is 1. The van der Waals surface area contributed by atoms with E-state index in [0.717, 1.165) is 12.1 Å². The molecule has 0 radical (unpaired) electrons. The van der Waals surface area contributed by atoms with Gasteiger partial charge in [0, 0.05) is 11.4 Å². The molecule has 0 aromatic heterocycles. The highest BCUT2D eigenvalue weighted by molar-refractivity contribution is 5.88. The number of carbonyl (C=O) groups is 1. The van der Waals surface area contributed by atoms with Gasteiger partial charge in [0.1, 0.15) is 0 Å². The van der Waals surface area contributed by atoms with Crippen LogP contribution in [-0.4, -0.2) is 11.1 Å². The molecule has 0 atom stereocenters. The lowest BCUT2D eigenvalue weighted by Crippen LogP contribution is -2.09. The Bertz CT molecular complexity index is 507. The average Bonchev–Trinajstić information content (AvgIpc) is 2.28. The first-order valence-corrected chi connectivity index (χ1v) is 5.63. The highest BCUT2D eigenvalue weighted by atomic mass is 19.4. The monoisotopic (exact) mass is 273 g/mol. The van der Waals surface area contributed by atoms with E-state index in [2.05, 4.69) is 5.32 Å². The number of rotatable bonds is 4. The predicted octanol–water partition coefficient (Wildman–Crippen LogP) is 3.89. The van der Waals surface area contributed by atoms with Gasteiger partial charge in [-0.05, 0) is 31.5 Å². The highest BCUT2D eigenvalue weighted by Gasteiger charge is 2.30. The zero-order valence-electron chi connectivity index (χ0n) is 10.5. The molecule has 0 bridgehead atoms. The fraction of sp³-hybridized carbons (Fsp3) is 0.308. The third-order valence-corrected chi connectivity index (χ3v) is 2.59. The molecule has 1 aromatic rings. The first kappa shape index (κ1) is 15.1. The molecular formula is C13H14F3NO2. The minimum absolute atomic E-state index is 0.136. The van der Waals surface area contributed by atoms with Crippen molar-refractivity contribution in [2.75, 3.05) is 5.32 Å². The van der Waals surface area contributed by atoms with Crippen molar-refractivity contribution in [2.24, 2.45) is 0 Å². The van der Waals surface area contributed by atoms with Gasteiger partial charge in [-0.3, -0.25) is 0 Å². The summed E-state index contributed by atoms with van der Waals surface area (Å²) in [4.78, 5) is 10.9. The van der Waals surface area contributed by atoms with Gasteiger partial charge in [-0.15, -0.1) is 0 Å². The number of hydrogen-bond acceptors (Lipinski definition) is 2. The highest BCUT2D eigenvalue weighted by Crippen LogP contribution is 2.31. The molecule has 0 saturated heterocycles. The van der Waals surface area contributed by atoms with E-state index in [4.69, 9.17) is 5.11 Å². The van der Waals surface area contributed by atoms with E-state index in [9.17, 15) is 18.0 Å². The SMILES string of the molecule is CCC(C(=O)O)=C(C)Nc1cccc(C(F)(F)F)c1. The van der Waals surface area contributed by atoms with Crippen LogP contribution in [0.4, 0.5) is 18.9 Å². The molecule has 2 N–H and O–H groups in total. The van der Waals surface area contributed by atoms with Gasteiger partial charge in [-0.2, -0.15) is 13.2 Å². The Balaban J connectivity index is 3.04. The van der Waals surface area contributed by atoms with Crippen LogP contribution in [0.15, 0.2) is 35.5 Å². The second kappa shape index (κ2) is 5.77. The fourth-order valence-electron chi connectivity index (χ4n) is 1.64. The van der Waals surface area contributed by atoms with E-state index < -0.39 is 17.7 Å². The quantitative estimate of drug-likeness (QED) is 0.818. The second-order valence-corrected chi connectivity index (χ2v) is 3.97. The number of alkyl halides is 3. The van der Waals surface area contributed by atoms with E-state index in [1.54, 1.807) is 6.92 Å². The molecule has 0 heterocycles. The van der Waals surface area contributed by atoms with Crippen LogP contribution in [0.3, 0.4) is 0 Å². The molecule has 3 nitrogen and oxygen atoms in total. The summed E-state index contributed by atoms with van der Waals surface area (Å²) in [5.41, 5.74) is -0.107. The van der Waals surface area contributed by atoms with Crippen molar-refractivity contribution in [2.45, 2.75) is 26.4 Å². The number of aliphatic carboxylic acids is 1. The Kier molecular flexibility index (Phi) is 4.58. The van der Waals surface area contributed by atoms with Crippen molar-refractivity contribution in [1.29, 1.82) is 0 Å². The van der Waals surface area contributed by atoms with Crippen molar-refractivity contribution in [3.05, 3.63) is 41.1 Å². The van der Waals surface area contributed by atoms with Gasteiger partial charge in [0.05, 0.1) is 11.1 Å². The summed E-state index contributed by atoms with van der Waals surface area (Å²) in [5.74, 6) is -1.08. The number of nitrogens with one attached hydrogen (secondary N) is 1. The summed E-state index contributed by atoms with van der Waals surface area (Å²) in [6.07, 6.45) is -4.14. The number of anilines is 1. The molecule has 0 saturated carbocycles. The van der Waals surface area contributed by atoms with Crippen LogP contribution < -0.4 is 5.32 Å². The molecule has 1 rings (SSSR count). The Morgan fingerprint density at radius 3 is 2.47 bits per heavy atom. The number of halogens is 3. The lowest BCUT2D eigenvalue weighted by molar-refractivity contribution is -0.137. The third kappa shape index (κ3) is 4.01. The summed E-state index contributed by atoms with van der Waals surface area (Å²) in [5, 5.41) is 11.6. The Morgan fingerprint density at radius 2 is 2.00 bits per heavy atom. The predicted molar refractivity (Wildman–Crippen MR) is 65.7 cm³/mol. The molecule has 0 amide bonds. The molecule has 0 aliphatic heterocycles. The van der Waals surface area contributed by atoms with Gasteiger partial charge in [-0.25, -0.2) is 4.79 Å². The maximum Gasteiger partial charge on any atom is 0.416 e. The lowest BCUT2D eigenvalue weighted by atomic mass is 10.1. The van der Waals surface area contributed by atoms with Crippen LogP contribution in [0.1, 0.15) is 25.8 Å². The van der Waals surface area contributed by atoms with Gasteiger partial charge >= 0.3 is 12.1 Å². The van der Waals surface area contributed by atoms with Crippen LogP contribution in [0.5, 0.6) is 0 Å². The summed E-state index contributed by atoms with van der Waals surface area (Å²) >= 11 is 0. The number of benzene rings is 1. The van der Waals surface area contributed by atoms with Gasteiger partial charge in [0.25, 0.3) is 0 Å². The molecule has 0 fully saturated rings. The Labute approximate surface area is 108 Å². The van der Waals surface area contributed by atoms with Gasteiger partial charge < -0.3 is 10.4 Å². The van der Waals surface area contributed by atoms with Crippen molar-refractivity contribution in [3.8, 4) is 0 Å². The first-order chi connectivity index (χ1) is 8.75. The molecule has 6 heteroatoms. The second-order valence-electron chi connectivity index (χ2n) is 3.97. The van der Waals surface area contributed by atoms with Crippen LogP contribution in [0.2, 0.25) is 0 Å². The van der Waals surface area contributed by atoms with Crippen molar-refractivity contribution in [3.63, 3.8) is 0 Å².